The van der Waals surface area contributed by atoms with E-state index < -0.39 is 5.97 Å². The van der Waals surface area contributed by atoms with Gasteiger partial charge < -0.3 is 16.2 Å². The molecular weight excluding hydrogens is 254 g/mol. The third-order valence-corrected chi connectivity index (χ3v) is 4.03. The smallest absolute Gasteiger partial charge is 0.355 e. The van der Waals surface area contributed by atoms with Gasteiger partial charge in [-0.3, -0.25) is 4.79 Å². The number of nitrogens with zero attached hydrogens (tertiary/aromatic N) is 1. The molecule has 0 aromatic carbocycles. The maximum atomic E-state index is 11.8. The monoisotopic (exact) mass is 269 g/mol. The van der Waals surface area contributed by atoms with Gasteiger partial charge in [0.25, 0.3) is 0 Å². The van der Waals surface area contributed by atoms with Crippen molar-refractivity contribution in [1.82, 2.24) is 10.3 Å². The molecule has 0 saturated heterocycles. The maximum absolute atomic E-state index is 11.8. The Balaban J connectivity index is 1.78. The first kappa shape index (κ1) is 13.0. The Kier molecular flexibility index (Phi) is 3.63. The summed E-state index contributed by atoms with van der Waals surface area (Å²) in [5.41, 5.74) is 5.27. The summed E-state index contributed by atoms with van der Waals surface area (Å²) < 4.78 is 0. The van der Waals surface area contributed by atoms with E-state index in [1.807, 2.05) is 0 Å². The molecule has 98 valence electrons. The highest BCUT2D eigenvalue weighted by Gasteiger charge is 2.48. The number of amides is 1. The molecule has 6 nitrogen and oxygen atoms in total. The van der Waals surface area contributed by atoms with Crippen molar-refractivity contribution in [2.45, 2.75) is 19.3 Å². The lowest BCUT2D eigenvalue weighted by atomic mass is 10.1. The molecule has 0 aliphatic heterocycles. The number of hydrogen-bond donors (Lipinski definition) is 3. The number of thiazole rings is 1. The molecule has 2 rings (SSSR count). The van der Waals surface area contributed by atoms with Gasteiger partial charge in [0.1, 0.15) is 0 Å². The number of nitrogens with one attached hydrogen (secondary N) is 1. The van der Waals surface area contributed by atoms with Gasteiger partial charge in [0, 0.05) is 24.9 Å². The van der Waals surface area contributed by atoms with Crippen molar-refractivity contribution >= 4 is 23.2 Å². The first-order valence-electron chi connectivity index (χ1n) is 5.73. The van der Waals surface area contributed by atoms with Crippen LogP contribution in [0.4, 0.5) is 0 Å². The molecule has 1 aliphatic rings. The highest BCUT2D eigenvalue weighted by atomic mass is 32.1. The Morgan fingerprint density at radius 1 is 1.56 bits per heavy atom. The molecule has 18 heavy (non-hydrogen) atoms. The fraction of sp³-hybridized carbons (Fsp3) is 0.545. The van der Waals surface area contributed by atoms with E-state index in [4.69, 9.17) is 10.8 Å². The molecule has 1 aromatic heterocycles. The molecule has 1 saturated carbocycles. The summed E-state index contributed by atoms with van der Waals surface area (Å²) in [5.74, 6) is -1.03. The first-order valence-corrected chi connectivity index (χ1v) is 6.61. The van der Waals surface area contributed by atoms with Crippen LogP contribution in [-0.2, 0) is 11.2 Å². The molecule has 1 amide bonds. The largest absolute Gasteiger partial charge is 0.476 e. The number of rotatable bonds is 6. The number of nitrogens with two attached hydrogens (primary N) is 1. The predicted octanol–water partition coefficient (Wildman–Crippen LogP) is 0.239. The zero-order valence-corrected chi connectivity index (χ0v) is 10.6. The highest BCUT2D eigenvalue weighted by molar-refractivity contribution is 7.09. The van der Waals surface area contributed by atoms with E-state index in [2.05, 4.69) is 10.3 Å². The second kappa shape index (κ2) is 5.03. The molecule has 1 aliphatic carbocycles. The third-order valence-electron chi connectivity index (χ3n) is 3.12. The van der Waals surface area contributed by atoms with E-state index >= 15 is 0 Å². The lowest BCUT2D eigenvalue weighted by Crippen LogP contribution is -2.37. The highest BCUT2D eigenvalue weighted by Crippen LogP contribution is 2.44. The minimum absolute atomic E-state index is 0.0000131. The third kappa shape index (κ3) is 2.68. The van der Waals surface area contributed by atoms with Crippen LogP contribution in [0.2, 0.25) is 0 Å². The zero-order chi connectivity index (χ0) is 13.2. The zero-order valence-electron chi connectivity index (χ0n) is 9.81. The summed E-state index contributed by atoms with van der Waals surface area (Å²) in [7, 11) is 0. The summed E-state index contributed by atoms with van der Waals surface area (Å²) in [6.45, 7) is 0.854. The van der Waals surface area contributed by atoms with Gasteiger partial charge in [-0.25, -0.2) is 9.78 Å². The van der Waals surface area contributed by atoms with Crippen LogP contribution in [0.3, 0.4) is 0 Å². The van der Waals surface area contributed by atoms with E-state index in [9.17, 15) is 9.59 Å². The average Bonchev–Trinajstić information content (AvgIpc) is 3.01. The van der Waals surface area contributed by atoms with Crippen molar-refractivity contribution in [2.75, 3.05) is 13.1 Å². The average molecular weight is 269 g/mol. The molecular formula is C11H15N3O3S. The van der Waals surface area contributed by atoms with Gasteiger partial charge in [0.05, 0.1) is 10.4 Å². The van der Waals surface area contributed by atoms with Crippen LogP contribution < -0.4 is 11.1 Å². The lowest BCUT2D eigenvalue weighted by Gasteiger charge is -2.11. The van der Waals surface area contributed by atoms with Crippen molar-refractivity contribution in [2.24, 2.45) is 11.1 Å². The Bertz CT molecular complexity index is 468. The minimum atomic E-state index is -1.03. The quantitative estimate of drug-likeness (QED) is 0.686. The Morgan fingerprint density at radius 3 is 2.78 bits per heavy atom. The van der Waals surface area contributed by atoms with Crippen molar-refractivity contribution < 1.29 is 14.7 Å². The number of hydrogen-bond acceptors (Lipinski definition) is 5. The van der Waals surface area contributed by atoms with E-state index in [-0.39, 0.29) is 17.0 Å². The fourth-order valence-corrected chi connectivity index (χ4v) is 2.44. The topological polar surface area (TPSA) is 105 Å². The number of aromatic carboxylic acids is 1. The number of carbonyl (C=O) groups is 2. The Hall–Kier alpha value is -1.47. The molecule has 0 unspecified atom stereocenters. The van der Waals surface area contributed by atoms with E-state index in [1.54, 1.807) is 0 Å². The van der Waals surface area contributed by atoms with Gasteiger partial charge in [0.15, 0.2) is 5.69 Å². The maximum Gasteiger partial charge on any atom is 0.355 e. The molecule has 7 heteroatoms. The van der Waals surface area contributed by atoms with Gasteiger partial charge in [0.2, 0.25) is 5.91 Å². The fourth-order valence-electron chi connectivity index (χ4n) is 1.67. The molecule has 1 aromatic rings. The lowest BCUT2D eigenvalue weighted by molar-refractivity contribution is -0.125. The second-order valence-corrected chi connectivity index (χ2v) is 5.36. The van der Waals surface area contributed by atoms with Crippen LogP contribution in [0.15, 0.2) is 5.38 Å². The SMILES string of the molecule is NCC1(C(=O)NCCc2nc(C(=O)O)cs2)CC1. The number of carbonyl (C=O) groups excluding carboxylic acids is 1. The van der Waals surface area contributed by atoms with Gasteiger partial charge in [-0.1, -0.05) is 0 Å². The summed E-state index contributed by atoms with van der Waals surface area (Å²) in [4.78, 5) is 26.3. The first-order chi connectivity index (χ1) is 8.57. The molecule has 0 atom stereocenters. The van der Waals surface area contributed by atoms with Crippen LogP contribution in [0.1, 0.15) is 28.3 Å². The number of aromatic nitrogens is 1. The van der Waals surface area contributed by atoms with Crippen molar-refractivity contribution in [1.29, 1.82) is 0 Å². The summed E-state index contributed by atoms with van der Waals surface area (Å²) in [6.07, 6.45) is 2.26. The molecule has 1 heterocycles. The minimum Gasteiger partial charge on any atom is -0.476 e. The normalized spacial score (nSPS) is 16.3. The van der Waals surface area contributed by atoms with Gasteiger partial charge in [-0.05, 0) is 12.8 Å². The van der Waals surface area contributed by atoms with Crippen LogP contribution in [0.5, 0.6) is 0 Å². The summed E-state index contributed by atoms with van der Waals surface area (Å²) in [5, 5.41) is 13.8. The van der Waals surface area contributed by atoms with Gasteiger partial charge >= 0.3 is 5.97 Å². The van der Waals surface area contributed by atoms with E-state index in [1.165, 1.54) is 16.7 Å². The Morgan fingerprint density at radius 2 is 2.28 bits per heavy atom. The standard InChI is InChI=1S/C11H15N3O3S/c12-6-11(2-3-11)10(17)13-4-1-8-14-7(5-18-8)9(15)16/h5H,1-4,6,12H2,(H,13,17)(H,15,16). The molecule has 0 radical (unpaired) electrons. The second-order valence-electron chi connectivity index (χ2n) is 4.42. The molecule has 1 fully saturated rings. The van der Waals surface area contributed by atoms with Crippen LogP contribution in [0, 0.1) is 5.41 Å². The number of carboxylic acid groups (broad SMARTS) is 1. The van der Waals surface area contributed by atoms with E-state index in [0.29, 0.717) is 24.5 Å². The van der Waals surface area contributed by atoms with Crippen LogP contribution in [-0.4, -0.2) is 35.1 Å². The van der Waals surface area contributed by atoms with Crippen molar-refractivity contribution in [3.05, 3.63) is 16.1 Å². The van der Waals surface area contributed by atoms with Crippen molar-refractivity contribution in [3.63, 3.8) is 0 Å². The Labute approximate surface area is 108 Å². The predicted molar refractivity (Wildman–Crippen MR) is 66.5 cm³/mol. The van der Waals surface area contributed by atoms with Gasteiger partial charge in [-0.2, -0.15) is 0 Å². The molecule has 0 bridgehead atoms. The summed E-state index contributed by atoms with van der Waals surface area (Å²) >= 11 is 1.29. The van der Waals surface area contributed by atoms with Gasteiger partial charge in [-0.15, -0.1) is 11.3 Å². The van der Waals surface area contributed by atoms with Crippen LogP contribution in [0.25, 0.3) is 0 Å². The van der Waals surface area contributed by atoms with E-state index in [0.717, 1.165) is 12.8 Å². The van der Waals surface area contributed by atoms with Crippen LogP contribution >= 0.6 is 11.3 Å². The molecule has 0 spiro atoms. The summed E-state index contributed by atoms with van der Waals surface area (Å²) in [6, 6.07) is 0. The van der Waals surface area contributed by atoms with Crippen molar-refractivity contribution in [3.8, 4) is 0 Å². The number of carboxylic acids is 1. The molecule has 4 N–H and O–H groups in total.